The molecular weight excluding hydrogens is 298 g/mol. The number of nitrogens with one attached hydrogen (secondary N) is 1. The Hall–Kier alpha value is -2.50. The number of carbonyl (C=O) groups is 2. The molecule has 1 atom stereocenters. The summed E-state index contributed by atoms with van der Waals surface area (Å²) in [5.74, 6) is 0.413. The van der Waals surface area contributed by atoms with Crippen molar-refractivity contribution in [2.45, 2.75) is 26.3 Å². The first-order valence-electron chi connectivity index (χ1n) is 7.42. The van der Waals surface area contributed by atoms with Gasteiger partial charge in [0.1, 0.15) is 6.04 Å². The minimum atomic E-state index is -0.646. The van der Waals surface area contributed by atoms with Crippen LogP contribution in [-0.4, -0.2) is 38.7 Å². The SMILES string of the molecule is CCOc1ccc(/C=C/C(=O)NC(CC)C(=O)OC)cc1OC. The Kier molecular flexibility index (Phi) is 7.66. The van der Waals surface area contributed by atoms with E-state index in [9.17, 15) is 9.59 Å². The maximum atomic E-state index is 11.9. The van der Waals surface area contributed by atoms with Gasteiger partial charge in [0.05, 0.1) is 20.8 Å². The Bertz CT molecular complexity index is 568. The monoisotopic (exact) mass is 321 g/mol. The Morgan fingerprint density at radius 1 is 1.22 bits per heavy atom. The fourth-order valence-electron chi connectivity index (χ4n) is 1.92. The summed E-state index contributed by atoms with van der Waals surface area (Å²) in [5.41, 5.74) is 0.784. The van der Waals surface area contributed by atoms with Crippen LogP contribution in [0.3, 0.4) is 0 Å². The van der Waals surface area contributed by atoms with Gasteiger partial charge in [0.15, 0.2) is 11.5 Å². The molecule has 0 heterocycles. The molecule has 6 heteroatoms. The smallest absolute Gasteiger partial charge is 0.328 e. The average molecular weight is 321 g/mol. The number of benzene rings is 1. The van der Waals surface area contributed by atoms with Crippen LogP contribution in [-0.2, 0) is 14.3 Å². The van der Waals surface area contributed by atoms with E-state index >= 15 is 0 Å². The van der Waals surface area contributed by atoms with Crippen molar-refractivity contribution in [1.29, 1.82) is 0 Å². The average Bonchev–Trinajstić information content (AvgIpc) is 2.58. The normalized spacial score (nSPS) is 11.8. The summed E-state index contributed by atoms with van der Waals surface area (Å²) in [4.78, 5) is 23.3. The zero-order chi connectivity index (χ0) is 17.2. The van der Waals surface area contributed by atoms with Crippen molar-refractivity contribution in [3.63, 3.8) is 0 Å². The van der Waals surface area contributed by atoms with E-state index in [0.29, 0.717) is 24.5 Å². The van der Waals surface area contributed by atoms with Crippen LogP contribution < -0.4 is 14.8 Å². The van der Waals surface area contributed by atoms with Gasteiger partial charge in [-0.25, -0.2) is 4.79 Å². The van der Waals surface area contributed by atoms with Crippen LogP contribution in [0.25, 0.3) is 6.08 Å². The van der Waals surface area contributed by atoms with Gasteiger partial charge in [0.25, 0.3) is 0 Å². The first-order chi connectivity index (χ1) is 11.0. The standard InChI is InChI=1S/C17H23NO5/c1-5-13(17(20)22-4)18-16(19)10-8-12-7-9-14(23-6-2)15(11-12)21-3/h7-11,13H,5-6H2,1-4H3,(H,18,19)/b10-8+. The summed E-state index contributed by atoms with van der Waals surface area (Å²) < 4.78 is 15.3. The molecule has 1 unspecified atom stereocenters. The Morgan fingerprint density at radius 2 is 1.96 bits per heavy atom. The maximum absolute atomic E-state index is 11.9. The van der Waals surface area contributed by atoms with Gasteiger partial charge in [0.2, 0.25) is 5.91 Å². The van der Waals surface area contributed by atoms with Gasteiger partial charge in [-0.1, -0.05) is 13.0 Å². The van der Waals surface area contributed by atoms with Crippen LogP contribution in [0, 0.1) is 0 Å². The molecule has 1 rings (SSSR count). The minimum Gasteiger partial charge on any atom is -0.493 e. The van der Waals surface area contributed by atoms with Gasteiger partial charge >= 0.3 is 5.97 Å². The molecule has 126 valence electrons. The van der Waals surface area contributed by atoms with E-state index in [-0.39, 0.29) is 5.91 Å². The number of carbonyl (C=O) groups excluding carboxylic acids is 2. The topological polar surface area (TPSA) is 73.9 Å². The molecule has 23 heavy (non-hydrogen) atoms. The molecule has 0 aliphatic carbocycles. The molecule has 0 saturated carbocycles. The molecule has 0 spiro atoms. The fraction of sp³-hybridized carbons (Fsp3) is 0.412. The van der Waals surface area contributed by atoms with Crippen molar-refractivity contribution < 1.29 is 23.8 Å². The highest BCUT2D eigenvalue weighted by Gasteiger charge is 2.17. The third kappa shape index (κ3) is 5.65. The van der Waals surface area contributed by atoms with E-state index in [1.165, 1.54) is 13.2 Å². The van der Waals surface area contributed by atoms with Gasteiger partial charge in [-0.15, -0.1) is 0 Å². The van der Waals surface area contributed by atoms with Crippen molar-refractivity contribution in [3.05, 3.63) is 29.8 Å². The molecule has 0 aliphatic rings. The summed E-state index contributed by atoms with van der Waals surface area (Å²) in [6.07, 6.45) is 3.46. The molecule has 0 aliphatic heterocycles. The second-order valence-corrected chi connectivity index (χ2v) is 4.67. The molecule has 0 fully saturated rings. The second kappa shape index (κ2) is 9.50. The number of rotatable bonds is 8. The number of esters is 1. The molecule has 0 bridgehead atoms. The first kappa shape index (κ1) is 18.5. The Morgan fingerprint density at radius 3 is 2.52 bits per heavy atom. The van der Waals surface area contributed by atoms with E-state index in [1.54, 1.807) is 32.2 Å². The number of ether oxygens (including phenoxy) is 3. The Balaban J connectivity index is 2.76. The van der Waals surface area contributed by atoms with Gasteiger partial charge < -0.3 is 19.5 Å². The van der Waals surface area contributed by atoms with Gasteiger partial charge in [-0.2, -0.15) is 0 Å². The second-order valence-electron chi connectivity index (χ2n) is 4.67. The summed E-state index contributed by atoms with van der Waals surface area (Å²) >= 11 is 0. The quantitative estimate of drug-likeness (QED) is 0.587. The maximum Gasteiger partial charge on any atom is 0.328 e. The highest BCUT2D eigenvalue weighted by molar-refractivity contribution is 5.94. The van der Waals surface area contributed by atoms with Crippen LogP contribution in [0.5, 0.6) is 11.5 Å². The lowest BCUT2D eigenvalue weighted by Crippen LogP contribution is -2.40. The summed E-state index contributed by atoms with van der Waals surface area (Å²) in [6.45, 7) is 4.23. The zero-order valence-electron chi connectivity index (χ0n) is 13.9. The number of hydrogen-bond acceptors (Lipinski definition) is 5. The molecule has 0 aromatic heterocycles. The number of amides is 1. The largest absolute Gasteiger partial charge is 0.493 e. The molecule has 0 radical (unpaired) electrons. The third-order valence-electron chi connectivity index (χ3n) is 3.13. The highest BCUT2D eigenvalue weighted by Crippen LogP contribution is 2.28. The predicted octanol–water partition coefficient (Wildman–Crippen LogP) is 2.17. The van der Waals surface area contributed by atoms with Crippen molar-refractivity contribution >= 4 is 18.0 Å². The van der Waals surface area contributed by atoms with Gasteiger partial charge in [0, 0.05) is 6.08 Å². The molecule has 1 N–H and O–H groups in total. The first-order valence-corrected chi connectivity index (χ1v) is 7.42. The number of methoxy groups -OCH3 is 2. The lowest BCUT2D eigenvalue weighted by atomic mass is 10.1. The predicted molar refractivity (Wildman–Crippen MR) is 87.4 cm³/mol. The molecule has 1 aromatic rings. The number of hydrogen-bond donors (Lipinski definition) is 1. The van der Waals surface area contributed by atoms with Gasteiger partial charge in [-0.3, -0.25) is 4.79 Å². The van der Waals surface area contributed by atoms with E-state index in [0.717, 1.165) is 5.56 Å². The van der Waals surface area contributed by atoms with Crippen molar-refractivity contribution in [2.24, 2.45) is 0 Å². The molecule has 1 amide bonds. The molecule has 6 nitrogen and oxygen atoms in total. The lowest BCUT2D eigenvalue weighted by Gasteiger charge is -2.12. The van der Waals surface area contributed by atoms with Crippen LogP contribution in [0.4, 0.5) is 0 Å². The third-order valence-corrected chi connectivity index (χ3v) is 3.13. The van der Waals surface area contributed by atoms with Gasteiger partial charge in [-0.05, 0) is 37.1 Å². The van der Waals surface area contributed by atoms with Crippen LogP contribution in [0.1, 0.15) is 25.8 Å². The summed E-state index contributed by atoms with van der Waals surface area (Å²) in [6, 6.07) is 4.72. The molecule has 0 saturated heterocycles. The minimum absolute atomic E-state index is 0.366. The fourth-order valence-corrected chi connectivity index (χ4v) is 1.92. The summed E-state index contributed by atoms with van der Waals surface area (Å²) in [5, 5.41) is 2.59. The lowest BCUT2D eigenvalue weighted by molar-refractivity contribution is -0.144. The van der Waals surface area contributed by atoms with E-state index in [4.69, 9.17) is 9.47 Å². The van der Waals surface area contributed by atoms with Crippen LogP contribution >= 0.6 is 0 Å². The van der Waals surface area contributed by atoms with E-state index in [1.807, 2.05) is 13.0 Å². The van der Waals surface area contributed by atoms with Crippen LogP contribution in [0.2, 0.25) is 0 Å². The molecular formula is C17H23NO5. The van der Waals surface area contributed by atoms with Crippen molar-refractivity contribution in [3.8, 4) is 11.5 Å². The zero-order valence-corrected chi connectivity index (χ0v) is 13.9. The van der Waals surface area contributed by atoms with Crippen molar-refractivity contribution in [1.82, 2.24) is 5.32 Å². The van der Waals surface area contributed by atoms with Crippen LogP contribution in [0.15, 0.2) is 24.3 Å². The summed E-state index contributed by atoms with van der Waals surface area (Å²) in [7, 11) is 2.85. The van der Waals surface area contributed by atoms with E-state index in [2.05, 4.69) is 10.1 Å². The van der Waals surface area contributed by atoms with E-state index < -0.39 is 12.0 Å². The molecule has 1 aromatic carbocycles. The highest BCUT2D eigenvalue weighted by atomic mass is 16.5. The van der Waals surface area contributed by atoms with Crippen molar-refractivity contribution in [2.75, 3.05) is 20.8 Å². The Labute approximate surface area is 136 Å².